The molecule has 1 aliphatic rings. The third-order valence-corrected chi connectivity index (χ3v) is 3.35. The van der Waals surface area contributed by atoms with Gasteiger partial charge in [0.25, 0.3) is 0 Å². The quantitative estimate of drug-likeness (QED) is 0.694. The van der Waals surface area contributed by atoms with Crippen LogP contribution in [0.4, 0.5) is 0 Å². The Kier molecular flexibility index (Phi) is 5.54. The zero-order valence-electron chi connectivity index (χ0n) is 11.2. The van der Waals surface area contributed by atoms with Gasteiger partial charge in [0.1, 0.15) is 0 Å². The highest BCUT2D eigenvalue weighted by atomic mass is 15.1. The molecule has 1 saturated heterocycles. The Labute approximate surface area is 100 Å². The SMILES string of the molecule is CC.Cc1ccccc1C1CCN(C)CC1. The summed E-state index contributed by atoms with van der Waals surface area (Å²) in [5.41, 5.74) is 3.03. The Morgan fingerprint density at radius 2 is 1.62 bits per heavy atom. The van der Waals surface area contributed by atoms with Crippen molar-refractivity contribution < 1.29 is 0 Å². The van der Waals surface area contributed by atoms with Gasteiger partial charge >= 0.3 is 0 Å². The Hall–Kier alpha value is -0.820. The number of piperidine rings is 1. The van der Waals surface area contributed by atoms with Crippen molar-refractivity contribution >= 4 is 0 Å². The first-order valence-corrected chi connectivity index (χ1v) is 6.51. The van der Waals surface area contributed by atoms with Crippen LogP contribution >= 0.6 is 0 Å². The number of aryl methyl sites for hydroxylation is 1. The van der Waals surface area contributed by atoms with Crippen molar-refractivity contribution in [3.8, 4) is 0 Å². The first-order chi connectivity index (χ1) is 7.77. The lowest BCUT2D eigenvalue weighted by molar-refractivity contribution is 0.255. The fourth-order valence-corrected chi connectivity index (χ4v) is 2.36. The summed E-state index contributed by atoms with van der Waals surface area (Å²) in [6.45, 7) is 8.73. The molecule has 1 fully saturated rings. The predicted octanol–water partition coefficient (Wildman–Crippen LogP) is 3.83. The Morgan fingerprint density at radius 1 is 1.06 bits per heavy atom. The van der Waals surface area contributed by atoms with Gasteiger partial charge in [-0.1, -0.05) is 38.1 Å². The molecule has 0 atom stereocenters. The Balaban J connectivity index is 0.000000606. The van der Waals surface area contributed by atoms with Crippen molar-refractivity contribution in [2.75, 3.05) is 20.1 Å². The lowest BCUT2D eigenvalue weighted by atomic mass is 9.87. The first-order valence-electron chi connectivity index (χ1n) is 6.51. The highest BCUT2D eigenvalue weighted by Gasteiger charge is 2.18. The van der Waals surface area contributed by atoms with Gasteiger partial charge < -0.3 is 4.90 Å². The summed E-state index contributed by atoms with van der Waals surface area (Å²) in [5, 5.41) is 0. The second kappa shape index (κ2) is 6.70. The van der Waals surface area contributed by atoms with E-state index in [1.807, 2.05) is 13.8 Å². The molecule has 1 aliphatic heterocycles. The van der Waals surface area contributed by atoms with Crippen LogP contribution in [0.5, 0.6) is 0 Å². The molecular formula is C15H25N. The topological polar surface area (TPSA) is 3.24 Å². The molecule has 1 heterocycles. The largest absolute Gasteiger partial charge is 0.306 e. The highest BCUT2D eigenvalue weighted by Crippen LogP contribution is 2.29. The fraction of sp³-hybridized carbons (Fsp3) is 0.600. The van der Waals surface area contributed by atoms with Crippen LogP contribution in [0.3, 0.4) is 0 Å². The van der Waals surface area contributed by atoms with Crippen molar-refractivity contribution in [3.05, 3.63) is 35.4 Å². The second-order valence-electron chi connectivity index (χ2n) is 4.43. The van der Waals surface area contributed by atoms with Crippen LogP contribution in [0.2, 0.25) is 0 Å². The van der Waals surface area contributed by atoms with Gasteiger partial charge in [-0.05, 0) is 56.9 Å². The number of likely N-dealkylation sites (tertiary alicyclic amines) is 1. The van der Waals surface area contributed by atoms with E-state index in [4.69, 9.17) is 0 Å². The van der Waals surface area contributed by atoms with Gasteiger partial charge in [0.15, 0.2) is 0 Å². The second-order valence-corrected chi connectivity index (χ2v) is 4.43. The molecule has 1 aromatic rings. The standard InChI is InChI=1S/C13H19N.C2H6/c1-11-5-3-4-6-13(11)12-7-9-14(2)10-8-12;1-2/h3-6,12H,7-10H2,1-2H3;1-2H3. The van der Waals surface area contributed by atoms with Crippen LogP contribution in [0, 0.1) is 6.92 Å². The number of benzene rings is 1. The average Bonchev–Trinajstić information content (AvgIpc) is 2.34. The normalized spacial score (nSPS) is 17.8. The summed E-state index contributed by atoms with van der Waals surface area (Å²) in [5.74, 6) is 0.799. The number of rotatable bonds is 1. The van der Waals surface area contributed by atoms with E-state index in [0.29, 0.717) is 0 Å². The van der Waals surface area contributed by atoms with E-state index in [1.165, 1.54) is 31.5 Å². The predicted molar refractivity (Wildman–Crippen MR) is 72.0 cm³/mol. The van der Waals surface area contributed by atoms with Gasteiger partial charge in [-0.25, -0.2) is 0 Å². The van der Waals surface area contributed by atoms with E-state index < -0.39 is 0 Å². The molecule has 0 saturated carbocycles. The van der Waals surface area contributed by atoms with E-state index in [-0.39, 0.29) is 0 Å². The average molecular weight is 219 g/mol. The minimum Gasteiger partial charge on any atom is -0.306 e. The Morgan fingerprint density at radius 3 is 2.19 bits per heavy atom. The molecule has 0 aromatic heterocycles. The number of hydrogen-bond acceptors (Lipinski definition) is 1. The molecule has 90 valence electrons. The maximum Gasteiger partial charge on any atom is -0.00159 e. The molecule has 0 unspecified atom stereocenters. The van der Waals surface area contributed by atoms with Crippen LogP contribution in [0.25, 0.3) is 0 Å². The van der Waals surface area contributed by atoms with Crippen molar-refractivity contribution in [1.29, 1.82) is 0 Å². The molecule has 0 spiro atoms. The molecule has 16 heavy (non-hydrogen) atoms. The Bertz CT molecular complexity index is 298. The van der Waals surface area contributed by atoms with Gasteiger partial charge in [0.05, 0.1) is 0 Å². The molecule has 0 N–H and O–H groups in total. The molecule has 1 heteroatoms. The number of nitrogens with zero attached hydrogens (tertiary/aromatic N) is 1. The molecule has 1 aromatic carbocycles. The van der Waals surface area contributed by atoms with Crippen LogP contribution < -0.4 is 0 Å². The van der Waals surface area contributed by atoms with Crippen LogP contribution in [-0.4, -0.2) is 25.0 Å². The smallest absolute Gasteiger partial charge is 0.00159 e. The van der Waals surface area contributed by atoms with Gasteiger partial charge in [-0.2, -0.15) is 0 Å². The molecule has 0 bridgehead atoms. The maximum atomic E-state index is 2.43. The van der Waals surface area contributed by atoms with Crippen molar-refractivity contribution in [1.82, 2.24) is 4.90 Å². The summed E-state index contributed by atoms with van der Waals surface area (Å²) in [6, 6.07) is 8.83. The summed E-state index contributed by atoms with van der Waals surface area (Å²) in [7, 11) is 2.22. The van der Waals surface area contributed by atoms with Gasteiger partial charge in [-0.3, -0.25) is 0 Å². The van der Waals surface area contributed by atoms with E-state index in [0.717, 1.165) is 5.92 Å². The first kappa shape index (κ1) is 13.2. The van der Waals surface area contributed by atoms with Gasteiger partial charge in [0, 0.05) is 0 Å². The monoisotopic (exact) mass is 219 g/mol. The minimum atomic E-state index is 0.799. The summed E-state index contributed by atoms with van der Waals surface area (Å²) < 4.78 is 0. The molecule has 0 radical (unpaired) electrons. The summed E-state index contributed by atoms with van der Waals surface area (Å²) in [6.07, 6.45) is 2.64. The van der Waals surface area contributed by atoms with Crippen LogP contribution in [0.1, 0.15) is 43.7 Å². The summed E-state index contributed by atoms with van der Waals surface area (Å²) >= 11 is 0. The lowest BCUT2D eigenvalue weighted by Gasteiger charge is -2.30. The molecule has 2 rings (SSSR count). The van der Waals surface area contributed by atoms with E-state index in [9.17, 15) is 0 Å². The van der Waals surface area contributed by atoms with Crippen molar-refractivity contribution in [2.24, 2.45) is 0 Å². The maximum absolute atomic E-state index is 2.43. The van der Waals surface area contributed by atoms with Crippen molar-refractivity contribution in [2.45, 2.75) is 39.5 Å². The lowest BCUT2D eigenvalue weighted by Crippen LogP contribution is -2.29. The number of hydrogen-bond donors (Lipinski definition) is 0. The third-order valence-electron chi connectivity index (χ3n) is 3.35. The fourth-order valence-electron chi connectivity index (χ4n) is 2.36. The van der Waals surface area contributed by atoms with Crippen LogP contribution in [-0.2, 0) is 0 Å². The molecular weight excluding hydrogens is 194 g/mol. The zero-order chi connectivity index (χ0) is 12.0. The van der Waals surface area contributed by atoms with Gasteiger partial charge in [0.2, 0.25) is 0 Å². The van der Waals surface area contributed by atoms with E-state index in [1.54, 1.807) is 5.56 Å². The van der Waals surface area contributed by atoms with Crippen LogP contribution in [0.15, 0.2) is 24.3 Å². The summed E-state index contributed by atoms with van der Waals surface area (Å²) in [4.78, 5) is 2.43. The highest BCUT2D eigenvalue weighted by molar-refractivity contribution is 5.29. The third kappa shape index (κ3) is 3.34. The molecule has 1 nitrogen and oxygen atoms in total. The van der Waals surface area contributed by atoms with E-state index in [2.05, 4.69) is 43.1 Å². The molecule has 0 amide bonds. The minimum absolute atomic E-state index is 0.799. The zero-order valence-corrected chi connectivity index (χ0v) is 11.2. The van der Waals surface area contributed by atoms with Gasteiger partial charge in [-0.15, -0.1) is 0 Å². The van der Waals surface area contributed by atoms with Crippen molar-refractivity contribution in [3.63, 3.8) is 0 Å². The molecule has 0 aliphatic carbocycles. The van der Waals surface area contributed by atoms with E-state index >= 15 is 0 Å².